The van der Waals surface area contributed by atoms with Crippen LogP contribution in [-0.2, 0) is 16.1 Å². The lowest BCUT2D eigenvalue weighted by Gasteiger charge is -2.31. The van der Waals surface area contributed by atoms with Crippen molar-refractivity contribution in [2.45, 2.75) is 45.7 Å². The van der Waals surface area contributed by atoms with Crippen LogP contribution in [0.25, 0.3) is 0 Å². The van der Waals surface area contributed by atoms with Gasteiger partial charge in [-0.05, 0) is 64.7 Å². The van der Waals surface area contributed by atoms with Gasteiger partial charge >= 0.3 is 0 Å². The number of carbonyl (C=O) groups is 2. The Morgan fingerprint density at radius 1 is 1.09 bits per heavy atom. The lowest BCUT2D eigenvalue weighted by molar-refractivity contribution is -0.143. The summed E-state index contributed by atoms with van der Waals surface area (Å²) in [6.07, 6.45) is 2.27. The van der Waals surface area contributed by atoms with E-state index < -0.39 is 6.04 Å². The molecule has 2 amide bonds. The summed E-state index contributed by atoms with van der Waals surface area (Å²) in [4.78, 5) is 27.6. The molecule has 1 atom stereocenters. The smallest absolute Gasteiger partial charge is 0.261 e. The highest BCUT2D eigenvalue weighted by atomic mass is 79.9. The van der Waals surface area contributed by atoms with Gasteiger partial charge in [-0.25, -0.2) is 0 Å². The molecule has 0 spiro atoms. The topological polar surface area (TPSA) is 58.6 Å². The predicted octanol–water partition coefficient (Wildman–Crippen LogP) is 6.51. The molecule has 0 bridgehead atoms. The van der Waals surface area contributed by atoms with Crippen LogP contribution in [0.5, 0.6) is 5.75 Å². The molecule has 0 radical (unpaired) electrons. The molecule has 1 N–H and O–H groups in total. The molecule has 0 aliphatic heterocycles. The summed E-state index contributed by atoms with van der Waals surface area (Å²) in [5, 5.41) is 4.39. The zero-order chi connectivity index (χ0) is 23.7. The number of benzene rings is 2. The van der Waals surface area contributed by atoms with E-state index in [0.717, 1.165) is 12.8 Å². The molecule has 0 aliphatic rings. The molecule has 2 aromatic rings. The quantitative estimate of drug-likeness (QED) is 0.317. The number of hydrogen-bond donors (Lipinski definition) is 1. The molecule has 2 rings (SSSR count). The Morgan fingerprint density at radius 2 is 1.78 bits per heavy atom. The Morgan fingerprint density at radius 3 is 2.41 bits per heavy atom. The van der Waals surface area contributed by atoms with Gasteiger partial charge in [0.25, 0.3) is 5.91 Å². The molecule has 32 heavy (non-hydrogen) atoms. The van der Waals surface area contributed by atoms with Crippen molar-refractivity contribution < 1.29 is 14.3 Å². The summed E-state index contributed by atoms with van der Waals surface area (Å²) >= 11 is 21.7. The van der Waals surface area contributed by atoms with Crippen LogP contribution in [0, 0.1) is 0 Å². The maximum atomic E-state index is 13.2. The van der Waals surface area contributed by atoms with E-state index in [9.17, 15) is 9.59 Å². The maximum absolute atomic E-state index is 13.2. The van der Waals surface area contributed by atoms with E-state index in [1.54, 1.807) is 36.4 Å². The number of halogens is 4. The number of amides is 2. The van der Waals surface area contributed by atoms with Gasteiger partial charge in [0.1, 0.15) is 11.8 Å². The molecule has 0 aliphatic carbocycles. The maximum Gasteiger partial charge on any atom is 0.261 e. The number of ether oxygens (including phenoxy) is 1. The zero-order valence-electron chi connectivity index (χ0n) is 18.0. The van der Waals surface area contributed by atoms with Gasteiger partial charge in [0, 0.05) is 28.2 Å². The van der Waals surface area contributed by atoms with Crippen molar-refractivity contribution in [1.29, 1.82) is 0 Å². The number of nitrogens with zero attached hydrogens (tertiary/aromatic N) is 1. The standard InChI is InChI=1S/C23H26BrCl3N2O3/c1-3-5-10-28-23(31)20(4-2)29(13-15-6-7-17(26)12-19(15)27)22(30)14-32-21-9-8-16(25)11-18(21)24/h6-9,11-12,20H,3-5,10,13-14H2,1-2H3,(H,28,31)/t20-/m1/s1. The summed E-state index contributed by atoms with van der Waals surface area (Å²) in [6.45, 7) is 4.38. The second-order valence-electron chi connectivity index (χ2n) is 7.19. The SMILES string of the molecule is CCCCNC(=O)[C@@H](CC)N(Cc1ccc(Cl)cc1Cl)C(=O)COc1ccc(Cl)cc1Br. The van der Waals surface area contributed by atoms with Crippen LogP contribution < -0.4 is 10.1 Å². The third-order valence-electron chi connectivity index (χ3n) is 4.82. The van der Waals surface area contributed by atoms with E-state index in [0.29, 0.717) is 43.8 Å². The summed E-state index contributed by atoms with van der Waals surface area (Å²) in [5.41, 5.74) is 0.692. The van der Waals surface area contributed by atoms with Gasteiger partial charge in [-0.3, -0.25) is 9.59 Å². The van der Waals surface area contributed by atoms with Gasteiger partial charge in [0.2, 0.25) is 5.91 Å². The van der Waals surface area contributed by atoms with Crippen molar-refractivity contribution in [2.24, 2.45) is 0 Å². The van der Waals surface area contributed by atoms with E-state index in [1.807, 2.05) is 13.8 Å². The van der Waals surface area contributed by atoms with Crippen LogP contribution in [0.3, 0.4) is 0 Å². The minimum Gasteiger partial charge on any atom is -0.483 e. The second-order valence-corrected chi connectivity index (χ2v) is 9.32. The van der Waals surface area contributed by atoms with Crippen molar-refractivity contribution in [2.75, 3.05) is 13.2 Å². The lowest BCUT2D eigenvalue weighted by atomic mass is 10.1. The highest BCUT2D eigenvalue weighted by Crippen LogP contribution is 2.28. The van der Waals surface area contributed by atoms with E-state index in [-0.39, 0.29) is 25.0 Å². The molecular formula is C23H26BrCl3N2O3. The Labute approximate surface area is 212 Å². The Hall–Kier alpha value is -1.47. The van der Waals surface area contributed by atoms with Crippen molar-refractivity contribution >= 4 is 62.5 Å². The van der Waals surface area contributed by atoms with Crippen LogP contribution in [0.15, 0.2) is 40.9 Å². The van der Waals surface area contributed by atoms with Gasteiger partial charge in [-0.1, -0.05) is 61.1 Å². The average Bonchev–Trinajstić information content (AvgIpc) is 2.74. The van der Waals surface area contributed by atoms with Gasteiger partial charge in [0.15, 0.2) is 6.61 Å². The fourth-order valence-electron chi connectivity index (χ4n) is 3.07. The van der Waals surface area contributed by atoms with Crippen molar-refractivity contribution in [3.8, 4) is 5.75 Å². The summed E-state index contributed by atoms with van der Waals surface area (Å²) in [5.74, 6) is -0.0601. The lowest BCUT2D eigenvalue weighted by Crippen LogP contribution is -2.50. The zero-order valence-corrected chi connectivity index (χ0v) is 21.8. The number of nitrogens with one attached hydrogen (secondary N) is 1. The molecule has 0 saturated carbocycles. The van der Waals surface area contributed by atoms with E-state index in [1.165, 1.54) is 4.90 Å². The third kappa shape index (κ3) is 7.84. The van der Waals surface area contributed by atoms with Gasteiger partial charge < -0.3 is 15.0 Å². The first kappa shape index (κ1) is 26.8. The molecule has 0 unspecified atom stereocenters. The number of unbranched alkanes of at least 4 members (excludes halogenated alkanes) is 1. The van der Waals surface area contributed by atoms with Crippen LogP contribution in [0.2, 0.25) is 15.1 Å². The number of rotatable bonds is 11. The monoisotopic (exact) mass is 562 g/mol. The number of hydrogen-bond acceptors (Lipinski definition) is 3. The van der Waals surface area contributed by atoms with Crippen LogP contribution in [0.1, 0.15) is 38.7 Å². The Balaban J connectivity index is 2.24. The molecule has 0 saturated heterocycles. The minimum absolute atomic E-state index is 0.152. The first-order valence-electron chi connectivity index (χ1n) is 10.4. The number of carbonyl (C=O) groups excluding carboxylic acids is 2. The Bertz CT molecular complexity index is 943. The fourth-order valence-corrected chi connectivity index (χ4v) is 4.34. The normalized spacial score (nSPS) is 11.7. The van der Waals surface area contributed by atoms with Crippen LogP contribution in [0.4, 0.5) is 0 Å². The van der Waals surface area contributed by atoms with Gasteiger partial charge in [-0.15, -0.1) is 0 Å². The average molecular weight is 565 g/mol. The van der Waals surface area contributed by atoms with Crippen LogP contribution >= 0.6 is 50.7 Å². The molecule has 0 heterocycles. The minimum atomic E-state index is -0.664. The molecule has 0 fully saturated rings. The molecular weight excluding hydrogens is 539 g/mol. The van der Waals surface area contributed by atoms with Crippen molar-refractivity contribution in [3.63, 3.8) is 0 Å². The largest absolute Gasteiger partial charge is 0.483 e. The van der Waals surface area contributed by atoms with E-state index in [4.69, 9.17) is 39.5 Å². The summed E-state index contributed by atoms with van der Waals surface area (Å²) in [6, 6.07) is 9.44. The molecule has 9 heteroatoms. The first-order chi connectivity index (χ1) is 15.3. The summed E-state index contributed by atoms with van der Waals surface area (Å²) < 4.78 is 6.35. The highest BCUT2D eigenvalue weighted by Gasteiger charge is 2.29. The predicted molar refractivity (Wildman–Crippen MR) is 134 cm³/mol. The molecule has 5 nitrogen and oxygen atoms in total. The molecule has 2 aromatic carbocycles. The van der Waals surface area contributed by atoms with Crippen molar-refractivity contribution in [1.82, 2.24) is 10.2 Å². The summed E-state index contributed by atoms with van der Waals surface area (Å²) in [7, 11) is 0. The third-order valence-corrected chi connectivity index (χ3v) is 6.26. The van der Waals surface area contributed by atoms with Crippen LogP contribution in [-0.4, -0.2) is 35.9 Å². The Kier molecular flexibility index (Phi) is 11.1. The first-order valence-corrected chi connectivity index (χ1v) is 12.3. The van der Waals surface area contributed by atoms with E-state index >= 15 is 0 Å². The van der Waals surface area contributed by atoms with Gasteiger partial charge in [-0.2, -0.15) is 0 Å². The fraction of sp³-hybridized carbons (Fsp3) is 0.391. The highest BCUT2D eigenvalue weighted by molar-refractivity contribution is 9.10. The van der Waals surface area contributed by atoms with Crippen molar-refractivity contribution in [3.05, 3.63) is 61.5 Å². The molecule has 174 valence electrons. The second kappa shape index (κ2) is 13.3. The molecule has 0 aromatic heterocycles. The van der Waals surface area contributed by atoms with E-state index in [2.05, 4.69) is 21.2 Å². The van der Waals surface area contributed by atoms with Gasteiger partial charge in [0.05, 0.1) is 4.47 Å².